The molecule has 1 saturated carbocycles. The second kappa shape index (κ2) is 4.97. The molecule has 102 valence electrons. The first-order valence-corrected chi connectivity index (χ1v) is 7.18. The molecule has 3 aliphatic rings. The van der Waals surface area contributed by atoms with Crippen LogP contribution < -0.4 is 5.73 Å². The molecule has 0 saturated heterocycles. The molecule has 1 fully saturated rings. The van der Waals surface area contributed by atoms with Gasteiger partial charge in [-0.2, -0.15) is 0 Å². The van der Waals surface area contributed by atoms with Gasteiger partial charge in [0.2, 0.25) is 0 Å². The fourth-order valence-electron chi connectivity index (χ4n) is 3.01. The number of nitrogens with two attached hydrogens (primary N) is 1. The van der Waals surface area contributed by atoms with E-state index in [0.717, 1.165) is 31.4 Å². The molecule has 2 aliphatic carbocycles. The summed E-state index contributed by atoms with van der Waals surface area (Å²) in [5, 5.41) is 0. The monoisotopic (exact) mass is 258 g/mol. The summed E-state index contributed by atoms with van der Waals surface area (Å²) in [7, 11) is 0. The fraction of sp³-hybridized carbons (Fsp3) is 0.562. The molecule has 19 heavy (non-hydrogen) atoms. The summed E-state index contributed by atoms with van der Waals surface area (Å²) < 4.78 is 6.22. The fourth-order valence-corrected chi connectivity index (χ4v) is 3.01. The second-order valence-corrected chi connectivity index (χ2v) is 6.12. The predicted molar refractivity (Wildman–Crippen MR) is 78.1 cm³/mol. The predicted octanol–water partition coefficient (Wildman–Crippen LogP) is 2.74. The Bertz CT molecular complexity index is 449. The normalized spacial score (nSPS) is 40.7. The number of fused-ring (bicyclic) bond motifs is 1. The third-order valence-corrected chi connectivity index (χ3v) is 4.31. The van der Waals surface area contributed by atoms with E-state index in [1.165, 1.54) is 0 Å². The third kappa shape index (κ3) is 2.81. The lowest BCUT2D eigenvalue weighted by Crippen LogP contribution is -2.42. The van der Waals surface area contributed by atoms with E-state index in [1.807, 2.05) is 12.3 Å². The Morgan fingerprint density at radius 1 is 1.26 bits per heavy atom. The van der Waals surface area contributed by atoms with Crippen LogP contribution in [0.3, 0.4) is 0 Å². The van der Waals surface area contributed by atoms with Crippen molar-refractivity contribution in [1.29, 1.82) is 0 Å². The van der Waals surface area contributed by atoms with Crippen molar-refractivity contribution in [2.75, 3.05) is 0 Å². The van der Waals surface area contributed by atoms with Crippen LogP contribution in [0, 0.1) is 5.92 Å². The number of rotatable bonds is 2. The van der Waals surface area contributed by atoms with Crippen LogP contribution in [0.1, 0.15) is 32.6 Å². The van der Waals surface area contributed by atoms with Crippen LogP contribution in [0.25, 0.3) is 0 Å². The molecule has 2 atom stereocenters. The second-order valence-electron chi connectivity index (χ2n) is 6.12. The Kier molecular flexibility index (Phi) is 3.31. The number of dihydropyridines is 1. The van der Waals surface area contributed by atoms with Gasteiger partial charge in [0.25, 0.3) is 0 Å². The van der Waals surface area contributed by atoms with Gasteiger partial charge in [-0.05, 0) is 38.7 Å². The largest absolute Gasteiger partial charge is 0.494 e. The first-order chi connectivity index (χ1) is 9.14. The van der Waals surface area contributed by atoms with Gasteiger partial charge in [-0.3, -0.25) is 4.99 Å². The molecule has 0 bridgehead atoms. The molecule has 0 aromatic heterocycles. The highest BCUT2D eigenvalue weighted by molar-refractivity contribution is 5.74. The van der Waals surface area contributed by atoms with E-state index in [2.05, 4.69) is 36.2 Å². The number of nitrogens with zero attached hydrogens (tertiary/aromatic N) is 1. The van der Waals surface area contributed by atoms with E-state index in [-0.39, 0.29) is 17.5 Å². The van der Waals surface area contributed by atoms with Crippen LogP contribution in [0.4, 0.5) is 0 Å². The summed E-state index contributed by atoms with van der Waals surface area (Å²) in [5.41, 5.74) is 6.17. The lowest BCUT2D eigenvalue weighted by molar-refractivity contribution is 0.0505. The van der Waals surface area contributed by atoms with Gasteiger partial charge in [-0.15, -0.1) is 0 Å². The molecule has 3 heteroatoms. The highest BCUT2D eigenvalue weighted by atomic mass is 16.5. The van der Waals surface area contributed by atoms with Crippen molar-refractivity contribution in [3.63, 3.8) is 0 Å². The van der Waals surface area contributed by atoms with Crippen molar-refractivity contribution in [3.8, 4) is 0 Å². The number of hydrogen-bond donors (Lipinski definition) is 1. The molecule has 3 nitrogen and oxygen atoms in total. The Labute approximate surface area is 114 Å². The molecule has 0 aromatic carbocycles. The summed E-state index contributed by atoms with van der Waals surface area (Å²) in [6.45, 7) is 2.14. The Hall–Kier alpha value is -1.35. The summed E-state index contributed by atoms with van der Waals surface area (Å²) >= 11 is 0. The van der Waals surface area contributed by atoms with Crippen LogP contribution in [-0.4, -0.2) is 23.9 Å². The first-order valence-electron chi connectivity index (χ1n) is 7.18. The maximum Gasteiger partial charge on any atom is 0.107 e. The van der Waals surface area contributed by atoms with Crippen molar-refractivity contribution in [2.45, 2.75) is 50.3 Å². The average Bonchev–Trinajstić information content (AvgIpc) is 2.42. The van der Waals surface area contributed by atoms with Crippen LogP contribution in [-0.2, 0) is 4.74 Å². The first kappa shape index (κ1) is 12.7. The standard InChI is InChI=1S/C16H22N2O/c1-16(17)9-6-12(7-10-16)19-15-8-11-18-14-5-3-2-4-13(14)15/h2-5,8,11-14H,6-7,9-10,17H2,1H3. The summed E-state index contributed by atoms with van der Waals surface area (Å²) in [6, 6.07) is 0.216. The molecule has 1 aliphatic heterocycles. The minimum Gasteiger partial charge on any atom is -0.494 e. The molecule has 2 N–H and O–H groups in total. The van der Waals surface area contributed by atoms with Gasteiger partial charge in [-0.1, -0.05) is 24.3 Å². The topological polar surface area (TPSA) is 47.6 Å². The number of aliphatic imine (C=N–C) groups is 1. The Morgan fingerprint density at radius 3 is 2.79 bits per heavy atom. The SMILES string of the molecule is CC1(N)CCC(OC2=CC=NC3C=CC=CC23)CC1. The quantitative estimate of drug-likeness (QED) is 0.828. The Morgan fingerprint density at radius 2 is 2.00 bits per heavy atom. The number of hydrogen-bond acceptors (Lipinski definition) is 3. The molecule has 2 unspecified atom stereocenters. The van der Waals surface area contributed by atoms with Crippen LogP contribution >= 0.6 is 0 Å². The van der Waals surface area contributed by atoms with Crippen LogP contribution in [0.2, 0.25) is 0 Å². The van der Waals surface area contributed by atoms with Crippen molar-refractivity contribution in [2.24, 2.45) is 16.6 Å². The van der Waals surface area contributed by atoms with E-state index in [9.17, 15) is 0 Å². The highest BCUT2D eigenvalue weighted by Crippen LogP contribution is 2.33. The highest BCUT2D eigenvalue weighted by Gasteiger charge is 2.31. The zero-order valence-corrected chi connectivity index (χ0v) is 11.5. The van der Waals surface area contributed by atoms with Crippen molar-refractivity contribution in [3.05, 3.63) is 36.1 Å². The van der Waals surface area contributed by atoms with Gasteiger partial charge in [-0.25, -0.2) is 0 Å². The third-order valence-electron chi connectivity index (χ3n) is 4.31. The maximum atomic E-state index is 6.22. The summed E-state index contributed by atoms with van der Waals surface area (Å²) in [5.74, 6) is 1.34. The molecule has 0 spiro atoms. The average molecular weight is 258 g/mol. The summed E-state index contributed by atoms with van der Waals surface area (Å²) in [4.78, 5) is 4.48. The van der Waals surface area contributed by atoms with E-state index in [4.69, 9.17) is 10.5 Å². The van der Waals surface area contributed by atoms with Gasteiger partial charge in [0, 0.05) is 11.8 Å². The van der Waals surface area contributed by atoms with Crippen LogP contribution in [0.15, 0.2) is 41.1 Å². The number of ether oxygens (including phenoxy) is 1. The van der Waals surface area contributed by atoms with E-state index >= 15 is 0 Å². The molecule has 3 rings (SSSR count). The van der Waals surface area contributed by atoms with E-state index < -0.39 is 0 Å². The van der Waals surface area contributed by atoms with Crippen molar-refractivity contribution in [1.82, 2.24) is 0 Å². The zero-order chi connectivity index (χ0) is 13.3. The smallest absolute Gasteiger partial charge is 0.107 e. The lowest BCUT2D eigenvalue weighted by Gasteiger charge is -2.36. The molecule has 0 radical (unpaired) electrons. The minimum absolute atomic E-state index is 0.00171. The molecule has 1 heterocycles. The lowest BCUT2D eigenvalue weighted by atomic mass is 9.82. The maximum absolute atomic E-state index is 6.22. The van der Waals surface area contributed by atoms with Crippen LogP contribution in [0.5, 0.6) is 0 Å². The Balaban J connectivity index is 1.64. The molecular formula is C16H22N2O. The molecular weight excluding hydrogens is 236 g/mol. The van der Waals surface area contributed by atoms with Gasteiger partial charge >= 0.3 is 0 Å². The van der Waals surface area contributed by atoms with Gasteiger partial charge < -0.3 is 10.5 Å². The molecule has 0 aromatic rings. The van der Waals surface area contributed by atoms with Gasteiger partial charge in [0.15, 0.2) is 0 Å². The minimum atomic E-state index is -0.00171. The van der Waals surface area contributed by atoms with Gasteiger partial charge in [0.1, 0.15) is 5.76 Å². The summed E-state index contributed by atoms with van der Waals surface area (Å²) in [6.07, 6.45) is 16.9. The zero-order valence-electron chi connectivity index (χ0n) is 11.5. The van der Waals surface area contributed by atoms with E-state index in [0.29, 0.717) is 6.10 Å². The number of allylic oxidation sites excluding steroid dienone is 3. The van der Waals surface area contributed by atoms with E-state index in [1.54, 1.807) is 0 Å². The van der Waals surface area contributed by atoms with Gasteiger partial charge in [0.05, 0.1) is 18.1 Å². The van der Waals surface area contributed by atoms with Crippen molar-refractivity contribution < 1.29 is 4.74 Å². The van der Waals surface area contributed by atoms with Crippen molar-refractivity contribution >= 4 is 6.21 Å². The molecule has 0 amide bonds.